The van der Waals surface area contributed by atoms with Gasteiger partial charge in [0.2, 0.25) is 0 Å². The molecule has 0 rings (SSSR count). The summed E-state index contributed by atoms with van der Waals surface area (Å²) in [6, 6.07) is 0. The van der Waals surface area contributed by atoms with E-state index in [1.54, 1.807) is 0 Å². The standard InChI is InChI=1S/C8H17PSe/c1-2-3-4-5-6-7-8-9-10/h2-8H2,1H3. The van der Waals surface area contributed by atoms with E-state index < -0.39 is 0 Å². The summed E-state index contributed by atoms with van der Waals surface area (Å²) in [6.07, 6.45) is 9.89. The maximum atomic E-state index is 3.02. The van der Waals surface area contributed by atoms with Crippen molar-refractivity contribution in [2.75, 3.05) is 6.16 Å². The van der Waals surface area contributed by atoms with Crippen LogP contribution >= 0.6 is 6.83 Å². The van der Waals surface area contributed by atoms with Gasteiger partial charge in [-0.3, -0.25) is 0 Å². The third-order valence-electron chi connectivity index (χ3n) is 1.60. The molecule has 10 heavy (non-hydrogen) atoms. The van der Waals surface area contributed by atoms with E-state index in [0.717, 1.165) is 0 Å². The second-order valence-corrected chi connectivity index (χ2v) is 4.95. The van der Waals surface area contributed by atoms with Crippen LogP contribution in [0.15, 0.2) is 0 Å². The van der Waals surface area contributed by atoms with Crippen molar-refractivity contribution in [1.29, 1.82) is 0 Å². The van der Waals surface area contributed by atoms with Crippen LogP contribution in [0.5, 0.6) is 0 Å². The van der Waals surface area contributed by atoms with Crippen molar-refractivity contribution >= 4 is 21.9 Å². The normalized spacial score (nSPS) is 10.5. The van der Waals surface area contributed by atoms with Crippen molar-refractivity contribution in [1.82, 2.24) is 0 Å². The molecule has 0 bridgehead atoms. The summed E-state index contributed by atoms with van der Waals surface area (Å²) in [5.74, 6) is 0. The first-order valence-corrected chi connectivity index (χ1v) is 7.50. The summed E-state index contributed by atoms with van der Waals surface area (Å²) in [7, 11) is 0. The number of hydrogen-bond donors (Lipinski definition) is 0. The third-order valence-corrected chi connectivity index (χ3v) is 3.25. The quantitative estimate of drug-likeness (QED) is 0.352. The molecule has 60 valence electrons. The third kappa shape index (κ3) is 8.82. The molecule has 0 heterocycles. The molecule has 0 spiro atoms. The van der Waals surface area contributed by atoms with E-state index in [1.165, 1.54) is 51.5 Å². The summed E-state index contributed by atoms with van der Waals surface area (Å²) in [5, 5.41) is 0. The minimum atomic E-state index is 1.35. The number of unbranched alkanes of at least 4 members (excludes halogenated alkanes) is 5. The molecule has 0 atom stereocenters. The fourth-order valence-corrected chi connectivity index (χ4v) is 2.12. The Morgan fingerprint density at radius 1 is 1.00 bits per heavy atom. The average molecular weight is 223 g/mol. The van der Waals surface area contributed by atoms with E-state index >= 15 is 0 Å². The van der Waals surface area contributed by atoms with Crippen LogP contribution in [0.4, 0.5) is 0 Å². The van der Waals surface area contributed by atoms with Crippen molar-refractivity contribution in [3.05, 3.63) is 0 Å². The Bertz CT molecular complexity index is 73.7. The minimum absolute atomic E-state index is 1.35. The van der Waals surface area contributed by atoms with Crippen molar-refractivity contribution in [2.24, 2.45) is 0 Å². The molecule has 0 nitrogen and oxygen atoms in total. The molecule has 0 unspecified atom stereocenters. The van der Waals surface area contributed by atoms with Gasteiger partial charge in [-0.05, 0) is 0 Å². The fraction of sp³-hybridized carbons (Fsp3) is 1.00. The Morgan fingerprint density at radius 2 is 1.60 bits per heavy atom. The van der Waals surface area contributed by atoms with Crippen molar-refractivity contribution in [3.63, 3.8) is 0 Å². The first kappa shape index (κ1) is 10.8. The Labute approximate surface area is 73.8 Å². The Kier molecular flexibility index (Phi) is 10.6. The van der Waals surface area contributed by atoms with Crippen molar-refractivity contribution < 1.29 is 0 Å². The van der Waals surface area contributed by atoms with Gasteiger partial charge in [-0.1, -0.05) is 0 Å². The first-order valence-electron chi connectivity index (χ1n) is 4.21. The monoisotopic (exact) mass is 224 g/mol. The molecular weight excluding hydrogens is 206 g/mol. The molecule has 0 saturated heterocycles. The molecule has 0 radical (unpaired) electrons. The van der Waals surface area contributed by atoms with E-state index in [1.807, 2.05) is 0 Å². The average Bonchev–Trinajstić information content (AvgIpc) is 1.97. The molecule has 0 N–H and O–H groups in total. The molecule has 0 aliphatic heterocycles. The predicted octanol–water partition coefficient (Wildman–Crippen LogP) is 3.38. The fourth-order valence-electron chi connectivity index (χ4n) is 0.957. The van der Waals surface area contributed by atoms with Gasteiger partial charge in [0.05, 0.1) is 0 Å². The maximum absolute atomic E-state index is 3.02. The summed E-state index contributed by atoms with van der Waals surface area (Å²) in [6.45, 7) is 3.71. The summed E-state index contributed by atoms with van der Waals surface area (Å²) in [5.41, 5.74) is 0. The SMILES string of the molecule is CCCCCCCCP=[Se]. The van der Waals surface area contributed by atoms with E-state index in [2.05, 4.69) is 22.0 Å². The molecule has 0 aliphatic rings. The second kappa shape index (κ2) is 9.82. The van der Waals surface area contributed by atoms with Crippen LogP contribution in [0.1, 0.15) is 45.4 Å². The zero-order valence-electron chi connectivity index (χ0n) is 6.81. The van der Waals surface area contributed by atoms with Gasteiger partial charge in [0.15, 0.2) is 0 Å². The van der Waals surface area contributed by atoms with Crippen LogP contribution < -0.4 is 0 Å². The van der Waals surface area contributed by atoms with E-state index in [4.69, 9.17) is 0 Å². The van der Waals surface area contributed by atoms with E-state index in [9.17, 15) is 0 Å². The molecule has 0 aromatic heterocycles. The van der Waals surface area contributed by atoms with Gasteiger partial charge in [0, 0.05) is 0 Å². The topological polar surface area (TPSA) is 0 Å². The van der Waals surface area contributed by atoms with Crippen LogP contribution in [0.3, 0.4) is 0 Å². The molecular formula is C8H17PSe. The zero-order valence-corrected chi connectivity index (χ0v) is 9.41. The van der Waals surface area contributed by atoms with Gasteiger partial charge in [-0.2, -0.15) is 0 Å². The van der Waals surface area contributed by atoms with Gasteiger partial charge < -0.3 is 0 Å². The van der Waals surface area contributed by atoms with Crippen LogP contribution in [-0.4, -0.2) is 21.3 Å². The van der Waals surface area contributed by atoms with Gasteiger partial charge in [-0.25, -0.2) is 0 Å². The number of hydrogen-bond acceptors (Lipinski definition) is 0. The van der Waals surface area contributed by atoms with Crippen LogP contribution in [-0.2, 0) is 0 Å². The van der Waals surface area contributed by atoms with Gasteiger partial charge in [0.1, 0.15) is 0 Å². The predicted molar refractivity (Wildman–Crippen MR) is 50.9 cm³/mol. The van der Waals surface area contributed by atoms with E-state index in [-0.39, 0.29) is 0 Å². The molecule has 0 amide bonds. The second-order valence-electron chi connectivity index (χ2n) is 2.62. The van der Waals surface area contributed by atoms with Gasteiger partial charge >= 0.3 is 73.5 Å². The van der Waals surface area contributed by atoms with Gasteiger partial charge in [-0.15, -0.1) is 0 Å². The summed E-state index contributed by atoms with van der Waals surface area (Å²) < 4.78 is 0. The Balaban J connectivity index is 2.70. The summed E-state index contributed by atoms with van der Waals surface area (Å²) in [4.78, 5) is 0. The molecule has 0 saturated carbocycles. The molecule has 2 heteroatoms. The molecule has 0 aromatic rings. The molecule has 0 aliphatic carbocycles. The zero-order chi connectivity index (χ0) is 7.66. The number of rotatable bonds is 7. The van der Waals surface area contributed by atoms with E-state index in [0.29, 0.717) is 0 Å². The van der Waals surface area contributed by atoms with Crippen molar-refractivity contribution in [2.45, 2.75) is 45.4 Å². The Hall–Kier alpha value is 0.819. The van der Waals surface area contributed by atoms with Crippen LogP contribution in [0, 0.1) is 0 Å². The van der Waals surface area contributed by atoms with Crippen LogP contribution in [0.2, 0.25) is 0 Å². The van der Waals surface area contributed by atoms with Crippen LogP contribution in [0.25, 0.3) is 0 Å². The summed E-state index contributed by atoms with van der Waals surface area (Å²) >= 11 is 3.02. The molecule has 0 fully saturated rings. The van der Waals surface area contributed by atoms with Gasteiger partial charge in [0.25, 0.3) is 0 Å². The first-order chi connectivity index (χ1) is 4.91. The molecule has 0 aromatic carbocycles. The van der Waals surface area contributed by atoms with Crippen molar-refractivity contribution in [3.8, 4) is 0 Å². The Morgan fingerprint density at radius 3 is 2.20 bits per heavy atom.